The molecule has 0 bridgehead atoms. The van der Waals surface area contributed by atoms with Crippen LogP contribution in [0.1, 0.15) is 19.5 Å². The molecule has 4 rings (SSSR count). The van der Waals surface area contributed by atoms with Gasteiger partial charge in [0.15, 0.2) is 0 Å². The zero-order valence-electron chi connectivity index (χ0n) is 18.1. The molecule has 0 radical (unpaired) electrons. The van der Waals surface area contributed by atoms with Gasteiger partial charge in [-0.15, -0.1) is 5.10 Å². The highest BCUT2D eigenvalue weighted by molar-refractivity contribution is 7.93. The van der Waals surface area contributed by atoms with Crippen LogP contribution in [-0.2, 0) is 16.6 Å². The number of nitrogens with one attached hydrogen (secondary N) is 1. The lowest BCUT2D eigenvalue weighted by atomic mass is 10.2. The van der Waals surface area contributed by atoms with Crippen LogP contribution in [0.25, 0.3) is 5.69 Å². The molecular formula is C22H27FN6O2S. The summed E-state index contributed by atoms with van der Waals surface area (Å²) in [6, 6.07) is 13.7. The summed E-state index contributed by atoms with van der Waals surface area (Å²) in [5, 5.41) is 7.90. The van der Waals surface area contributed by atoms with Crippen LogP contribution in [0.3, 0.4) is 0 Å². The lowest BCUT2D eigenvalue weighted by Gasteiger charge is -2.35. The summed E-state index contributed by atoms with van der Waals surface area (Å²) in [6.45, 7) is 7.35. The van der Waals surface area contributed by atoms with Gasteiger partial charge in [-0.05, 0) is 56.3 Å². The zero-order chi connectivity index (χ0) is 22.7. The monoisotopic (exact) mass is 458 g/mol. The lowest BCUT2D eigenvalue weighted by Crippen LogP contribution is -2.46. The van der Waals surface area contributed by atoms with E-state index in [1.807, 2.05) is 24.4 Å². The first-order chi connectivity index (χ1) is 15.3. The van der Waals surface area contributed by atoms with Crippen molar-refractivity contribution in [2.45, 2.75) is 25.6 Å². The Kier molecular flexibility index (Phi) is 6.43. The zero-order valence-corrected chi connectivity index (χ0v) is 19.0. The van der Waals surface area contributed by atoms with Gasteiger partial charge in [-0.25, -0.2) is 17.5 Å². The van der Waals surface area contributed by atoms with Crippen LogP contribution >= 0.6 is 0 Å². The molecule has 0 unspecified atom stereocenters. The maximum Gasteiger partial charge on any atom is 0.235 e. The van der Waals surface area contributed by atoms with E-state index in [0.29, 0.717) is 12.2 Å². The topological polar surface area (TPSA) is 83.4 Å². The van der Waals surface area contributed by atoms with E-state index in [9.17, 15) is 12.8 Å². The van der Waals surface area contributed by atoms with Gasteiger partial charge in [0, 0.05) is 38.4 Å². The smallest absolute Gasteiger partial charge is 0.235 e. The van der Waals surface area contributed by atoms with E-state index < -0.39 is 15.3 Å². The van der Waals surface area contributed by atoms with Gasteiger partial charge >= 0.3 is 0 Å². The molecule has 1 N–H and O–H groups in total. The Morgan fingerprint density at radius 1 is 1.03 bits per heavy atom. The van der Waals surface area contributed by atoms with Gasteiger partial charge < -0.3 is 4.90 Å². The van der Waals surface area contributed by atoms with Crippen molar-refractivity contribution in [3.63, 3.8) is 0 Å². The standard InChI is InChI=1S/C22H27FN6O2S/c1-17(2)32(30,31)25-19-4-3-5-22(14-19)28-12-10-27(11-13-28)15-20-16-29(26-24-20)21-8-6-18(23)7-9-21/h3-9,14,16-17,25H,10-13,15H2,1-2H3. The Morgan fingerprint density at radius 3 is 2.44 bits per heavy atom. The van der Waals surface area contributed by atoms with Crippen LogP contribution in [-0.4, -0.2) is 59.7 Å². The van der Waals surface area contributed by atoms with E-state index in [0.717, 1.165) is 43.2 Å². The number of sulfonamides is 1. The van der Waals surface area contributed by atoms with Gasteiger partial charge in [0.05, 0.1) is 28.5 Å². The summed E-state index contributed by atoms with van der Waals surface area (Å²) in [5.41, 5.74) is 3.20. The van der Waals surface area contributed by atoms with Crippen LogP contribution < -0.4 is 9.62 Å². The maximum atomic E-state index is 13.1. The minimum Gasteiger partial charge on any atom is -0.369 e. The van der Waals surface area contributed by atoms with Gasteiger partial charge in [-0.3, -0.25) is 9.62 Å². The van der Waals surface area contributed by atoms with Gasteiger partial charge in [-0.1, -0.05) is 11.3 Å². The lowest BCUT2D eigenvalue weighted by molar-refractivity contribution is 0.247. The Hall–Kier alpha value is -2.98. The number of hydrogen-bond acceptors (Lipinski definition) is 6. The number of piperazine rings is 1. The highest BCUT2D eigenvalue weighted by Gasteiger charge is 2.20. The normalized spacial score (nSPS) is 15.3. The SMILES string of the molecule is CC(C)S(=O)(=O)Nc1cccc(N2CCN(Cc3cn(-c4ccc(F)cc4)nn3)CC2)c1. The highest BCUT2D eigenvalue weighted by atomic mass is 32.2. The van der Waals surface area contributed by atoms with Gasteiger partial charge in [0.1, 0.15) is 5.82 Å². The Morgan fingerprint density at radius 2 is 1.75 bits per heavy atom. The van der Waals surface area contributed by atoms with Crippen molar-refractivity contribution in [3.8, 4) is 5.69 Å². The molecule has 1 aliphatic rings. The number of aromatic nitrogens is 3. The fourth-order valence-corrected chi connectivity index (χ4v) is 4.22. The van der Waals surface area contributed by atoms with Crippen molar-refractivity contribution < 1.29 is 12.8 Å². The summed E-state index contributed by atoms with van der Waals surface area (Å²) in [7, 11) is -3.37. The average molecular weight is 459 g/mol. The molecule has 0 atom stereocenters. The number of halogens is 1. The summed E-state index contributed by atoms with van der Waals surface area (Å²) in [5.74, 6) is -0.283. The number of benzene rings is 2. The minimum absolute atomic E-state index is 0.283. The molecule has 32 heavy (non-hydrogen) atoms. The molecule has 2 heterocycles. The fraction of sp³-hybridized carbons (Fsp3) is 0.364. The molecule has 0 aliphatic carbocycles. The Labute approximate surface area is 187 Å². The first kappa shape index (κ1) is 22.2. The average Bonchev–Trinajstić information content (AvgIpc) is 3.23. The summed E-state index contributed by atoms with van der Waals surface area (Å²) in [6.07, 6.45) is 1.86. The van der Waals surface area contributed by atoms with Crippen molar-refractivity contribution in [2.75, 3.05) is 35.8 Å². The van der Waals surface area contributed by atoms with Crippen LogP contribution in [0, 0.1) is 5.82 Å². The van der Waals surface area contributed by atoms with Crippen LogP contribution in [0.5, 0.6) is 0 Å². The molecule has 0 saturated carbocycles. The fourth-order valence-electron chi connectivity index (χ4n) is 3.53. The Balaban J connectivity index is 1.34. The molecule has 170 valence electrons. The molecule has 0 amide bonds. The summed E-state index contributed by atoms with van der Waals surface area (Å²) >= 11 is 0. The van der Waals surface area contributed by atoms with Crippen molar-refractivity contribution in [1.29, 1.82) is 0 Å². The number of nitrogens with zero attached hydrogens (tertiary/aromatic N) is 5. The van der Waals surface area contributed by atoms with E-state index in [1.165, 1.54) is 12.1 Å². The number of rotatable bonds is 7. The predicted octanol–water partition coefficient (Wildman–Crippen LogP) is 2.88. The first-order valence-corrected chi connectivity index (χ1v) is 12.1. The van der Waals surface area contributed by atoms with Crippen molar-refractivity contribution >= 4 is 21.4 Å². The number of anilines is 2. The molecule has 1 saturated heterocycles. The molecule has 3 aromatic rings. The number of hydrogen-bond donors (Lipinski definition) is 1. The maximum absolute atomic E-state index is 13.1. The molecule has 1 aliphatic heterocycles. The van der Waals surface area contributed by atoms with Crippen molar-refractivity contribution in [1.82, 2.24) is 19.9 Å². The van der Waals surface area contributed by atoms with E-state index in [1.54, 1.807) is 36.7 Å². The third kappa shape index (κ3) is 5.25. The van der Waals surface area contributed by atoms with Crippen LogP contribution in [0.15, 0.2) is 54.7 Å². The summed E-state index contributed by atoms with van der Waals surface area (Å²) in [4.78, 5) is 4.56. The quantitative estimate of drug-likeness (QED) is 0.586. The third-order valence-corrected chi connectivity index (χ3v) is 7.24. The van der Waals surface area contributed by atoms with E-state index >= 15 is 0 Å². The molecule has 8 nitrogen and oxygen atoms in total. The second-order valence-electron chi connectivity index (χ2n) is 8.14. The molecule has 10 heteroatoms. The summed E-state index contributed by atoms with van der Waals surface area (Å²) < 4.78 is 41.7. The molecule has 1 fully saturated rings. The van der Waals surface area contributed by atoms with Gasteiger partial charge in [0.2, 0.25) is 10.0 Å². The molecule has 1 aromatic heterocycles. The molecule has 0 spiro atoms. The molecular weight excluding hydrogens is 431 g/mol. The van der Waals surface area contributed by atoms with Crippen LogP contribution in [0.2, 0.25) is 0 Å². The van der Waals surface area contributed by atoms with Gasteiger partial charge in [-0.2, -0.15) is 0 Å². The highest BCUT2D eigenvalue weighted by Crippen LogP contribution is 2.23. The third-order valence-electron chi connectivity index (χ3n) is 5.48. The first-order valence-electron chi connectivity index (χ1n) is 10.6. The predicted molar refractivity (Wildman–Crippen MR) is 123 cm³/mol. The van der Waals surface area contributed by atoms with Crippen molar-refractivity contribution in [2.24, 2.45) is 0 Å². The van der Waals surface area contributed by atoms with Crippen molar-refractivity contribution in [3.05, 3.63) is 66.2 Å². The van der Waals surface area contributed by atoms with E-state index in [-0.39, 0.29) is 5.82 Å². The van der Waals surface area contributed by atoms with Crippen LogP contribution in [0.4, 0.5) is 15.8 Å². The second kappa shape index (κ2) is 9.25. The molecule has 2 aromatic carbocycles. The largest absolute Gasteiger partial charge is 0.369 e. The van der Waals surface area contributed by atoms with E-state index in [2.05, 4.69) is 24.8 Å². The Bertz CT molecular complexity index is 1160. The van der Waals surface area contributed by atoms with E-state index in [4.69, 9.17) is 0 Å². The minimum atomic E-state index is -3.37. The second-order valence-corrected chi connectivity index (χ2v) is 10.4. The van der Waals surface area contributed by atoms with Gasteiger partial charge in [0.25, 0.3) is 0 Å².